The maximum absolute atomic E-state index is 13.6. The molecule has 1 N–H and O–H groups in total. The van der Waals surface area contributed by atoms with E-state index in [1.54, 1.807) is 6.07 Å². The molecule has 2 aromatic heterocycles. The van der Waals surface area contributed by atoms with Gasteiger partial charge in [0.05, 0.1) is 10.2 Å². The van der Waals surface area contributed by atoms with Crippen LogP contribution in [0.15, 0.2) is 52.9 Å². The summed E-state index contributed by atoms with van der Waals surface area (Å²) in [5.74, 6) is -1.65. The van der Waals surface area contributed by atoms with Gasteiger partial charge in [-0.25, -0.2) is 13.8 Å². The van der Waals surface area contributed by atoms with E-state index < -0.39 is 17.5 Å². The largest absolute Gasteiger partial charge is 0.483 e. The zero-order chi connectivity index (χ0) is 19.7. The molecule has 0 aliphatic carbocycles. The Labute approximate surface area is 162 Å². The Kier molecular flexibility index (Phi) is 4.79. The highest BCUT2D eigenvalue weighted by atomic mass is 32.1. The first-order valence-electron chi connectivity index (χ1n) is 8.33. The Hall–Kier alpha value is -3.26. The van der Waals surface area contributed by atoms with Crippen molar-refractivity contribution in [2.75, 3.05) is 5.32 Å². The minimum atomic E-state index is -0.810. The zero-order valence-electron chi connectivity index (χ0n) is 14.7. The molecule has 28 heavy (non-hydrogen) atoms. The standard InChI is InChI=1S/C20H14F2N2O3S/c1-11-2-5-15-18(8-11)28-20(23-15)24-19(25)17-7-4-13(27-17)10-26-16-6-3-12(21)9-14(16)22/h2-9H,10H2,1H3,(H,23,24,25). The van der Waals surface area contributed by atoms with Crippen LogP contribution < -0.4 is 10.1 Å². The van der Waals surface area contributed by atoms with Crippen molar-refractivity contribution in [1.29, 1.82) is 0 Å². The van der Waals surface area contributed by atoms with Gasteiger partial charge in [0, 0.05) is 6.07 Å². The number of ether oxygens (including phenoxy) is 1. The number of rotatable bonds is 5. The average Bonchev–Trinajstić information content (AvgIpc) is 3.27. The van der Waals surface area contributed by atoms with Crippen molar-refractivity contribution in [1.82, 2.24) is 4.98 Å². The minimum Gasteiger partial charge on any atom is -0.483 e. The number of aryl methyl sites for hydroxylation is 1. The van der Waals surface area contributed by atoms with Crippen molar-refractivity contribution in [3.05, 3.63) is 77.2 Å². The maximum Gasteiger partial charge on any atom is 0.293 e. The Morgan fingerprint density at radius 1 is 1.18 bits per heavy atom. The molecule has 4 aromatic rings. The van der Waals surface area contributed by atoms with Gasteiger partial charge >= 0.3 is 0 Å². The number of aromatic nitrogens is 1. The third-order valence-corrected chi connectivity index (χ3v) is 4.85. The highest BCUT2D eigenvalue weighted by molar-refractivity contribution is 7.22. The lowest BCUT2D eigenvalue weighted by Gasteiger charge is -2.05. The second-order valence-corrected chi connectivity index (χ2v) is 7.10. The van der Waals surface area contributed by atoms with E-state index in [0.717, 1.165) is 27.9 Å². The fourth-order valence-electron chi connectivity index (χ4n) is 2.56. The van der Waals surface area contributed by atoms with Crippen molar-refractivity contribution in [3.63, 3.8) is 0 Å². The van der Waals surface area contributed by atoms with Crippen molar-refractivity contribution >= 4 is 32.6 Å². The summed E-state index contributed by atoms with van der Waals surface area (Å²) >= 11 is 1.37. The second kappa shape index (κ2) is 7.40. The molecule has 0 unspecified atom stereocenters. The van der Waals surface area contributed by atoms with Crippen LogP contribution in [0.3, 0.4) is 0 Å². The second-order valence-electron chi connectivity index (χ2n) is 6.07. The first-order chi connectivity index (χ1) is 13.5. The molecule has 0 bridgehead atoms. The Morgan fingerprint density at radius 3 is 2.86 bits per heavy atom. The van der Waals surface area contributed by atoms with Crippen LogP contribution in [-0.4, -0.2) is 10.9 Å². The molecule has 0 aliphatic rings. The lowest BCUT2D eigenvalue weighted by molar-refractivity contribution is 0.0992. The molecule has 5 nitrogen and oxygen atoms in total. The SMILES string of the molecule is Cc1ccc2nc(NC(=O)c3ccc(COc4ccc(F)cc4F)o3)sc2c1. The summed E-state index contributed by atoms with van der Waals surface area (Å²) in [6.07, 6.45) is 0. The number of amides is 1. The van der Waals surface area contributed by atoms with E-state index >= 15 is 0 Å². The fourth-order valence-corrected chi connectivity index (χ4v) is 3.52. The summed E-state index contributed by atoms with van der Waals surface area (Å²) in [7, 11) is 0. The van der Waals surface area contributed by atoms with E-state index in [4.69, 9.17) is 9.15 Å². The van der Waals surface area contributed by atoms with Crippen molar-refractivity contribution < 1.29 is 22.7 Å². The number of benzene rings is 2. The number of anilines is 1. The quantitative estimate of drug-likeness (QED) is 0.493. The third kappa shape index (κ3) is 3.86. The predicted molar refractivity (Wildman–Crippen MR) is 102 cm³/mol. The highest BCUT2D eigenvalue weighted by Gasteiger charge is 2.15. The smallest absolute Gasteiger partial charge is 0.293 e. The van der Waals surface area contributed by atoms with Crippen molar-refractivity contribution in [2.24, 2.45) is 0 Å². The summed E-state index contributed by atoms with van der Waals surface area (Å²) in [6, 6.07) is 11.9. The van der Waals surface area contributed by atoms with Gasteiger partial charge in [0.15, 0.2) is 22.5 Å². The third-order valence-electron chi connectivity index (χ3n) is 3.91. The van der Waals surface area contributed by atoms with Crippen LogP contribution in [0.4, 0.5) is 13.9 Å². The van der Waals surface area contributed by atoms with Gasteiger partial charge in [-0.3, -0.25) is 10.1 Å². The van der Waals surface area contributed by atoms with Gasteiger partial charge in [0.1, 0.15) is 18.2 Å². The Morgan fingerprint density at radius 2 is 2.04 bits per heavy atom. The first kappa shape index (κ1) is 18.1. The molecule has 0 saturated heterocycles. The monoisotopic (exact) mass is 400 g/mol. The number of fused-ring (bicyclic) bond motifs is 1. The number of carbonyl (C=O) groups excluding carboxylic acids is 1. The number of halogens is 2. The molecule has 0 atom stereocenters. The molecule has 1 amide bonds. The predicted octanol–water partition coefficient (Wildman–Crippen LogP) is 5.31. The Balaban J connectivity index is 1.42. The zero-order valence-corrected chi connectivity index (χ0v) is 15.5. The molecule has 8 heteroatoms. The summed E-state index contributed by atoms with van der Waals surface area (Å²) in [5.41, 5.74) is 1.92. The molecule has 0 saturated carbocycles. The van der Waals surface area contributed by atoms with Gasteiger partial charge < -0.3 is 9.15 Å². The molecule has 0 fully saturated rings. The van der Waals surface area contributed by atoms with E-state index in [1.165, 1.54) is 23.5 Å². The Bertz CT molecular complexity index is 1170. The van der Waals surface area contributed by atoms with Crippen LogP contribution in [0.2, 0.25) is 0 Å². The van der Waals surface area contributed by atoms with Crippen LogP contribution in [0.1, 0.15) is 21.9 Å². The summed E-state index contributed by atoms with van der Waals surface area (Å²) in [4.78, 5) is 16.7. The van der Waals surface area contributed by atoms with Gasteiger partial charge in [-0.2, -0.15) is 0 Å². The number of hydrogen-bond donors (Lipinski definition) is 1. The lowest BCUT2D eigenvalue weighted by atomic mass is 10.2. The van der Waals surface area contributed by atoms with E-state index in [2.05, 4.69) is 10.3 Å². The van der Waals surface area contributed by atoms with E-state index in [1.807, 2.05) is 25.1 Å². The van der Waals surface area contributed by atoms with Gasteiger partial charge in [-0.05, 0) is 48.9 Å². The number of nitrogens with zero attached hydrogens (tertiary/aromatic N) is 1. The van der Waals surface area contributed by atoms with Crippen molar-refractivity contribution in [3.8, 4) is 5.75 Å². The van der Waals surface area contributed by atoms with Crippen LogP contribution in [0, 0.1) is 18.6 Å². The van der Waals surface area contributed by atoms with Crippen LogP contribution >= 0.6 is 11.3 Å². The number of carbonyl (C=O) groups is 1. The summed E-state index contributed by atoms with van der Waals surface area (Å²) in [5, 5.41) is 3.17. The summed E-state index contributed by atoms with van der Waals surface area (Å²) in [6.45, 7) is 1.89. The normalized spacial score (nSPS) is 11.0. The number of furan rings is 1. The molecular weight excluding hydrogens is 386 g/mol. The first-order valence-corrected chi connectivity index (χ1v) is 9.15. The molecule has 0 radical (unpaired) electrons. The molecule has 2 aromatic carbocycles. The van der Waals surface area contributed by atoms with E-state index in [-0.39, 0.29) is 18.1 Å². The van der Waals surface area contributed by atoms with E-state index in [9.17, 15) is 13.6 Å². The number of hydrogen-bond acceptors (Lipinski definition) is 5. The van der Waals surface area contributed by atoms with Crippen LogP contribution in [0.5, 0.6) is 5.75 Å². The minimum absolute atomic E-state index is 0.0774. The van der Waals surface area contributed by atoms with Crippen molar-refractivity contribution in [2.45, 2.75) is 13.5 Å². The molecule has 2 heterocycles. The van der Waals surface area contributed by atoms with Gasteiger partial charge in [0.25, 0.3) is 5.91 Å². The molecule has 142 valence electrons. The van der Waals surface area contributed by atoms with E-state index in [0.29, 0.717) is 10.9 Å². The molecular formula is C20H14F2N2O3S. The summed E-state index contributed by atoms with van der Waals surface area (Å²) < 4.78 is 38.2. The highest BCUT2D eigenvalue weighted by Crippen LogP contribution is 2.27. The van der Waals surface area contributed by atoms with Crippen LogP contribution in [-0.2, 0) is 6.61 Å². The number of thiazole rings is 1. The van der Waals surface area contributed by atoms with Gasteiger partial charge in [-0.15, -0.1) is 0 Å². The van der Waals surface area contributed by atoms with Crippen LogP contribution in [0.25, 0.3) is 10.2 Å². The van der Waals surface area contributed by atoms with Gasteiger partial charge in [0.2, 0.25) is 0 Å². The molecule has 0 aliphatic heterocycles. The lowest BCUT2D eigenvalue weighted by Crippen LogP contribution is -2.10. The molecule has 0 spiro atoms. The fraction of sp³-hybridized carbons (Fsp3) is 0.100. The van der Waals surface area contributed by atoms with Gasteiger partial charge in [-0.1, -0.05) is 17.4 Å². The maximum atomic E-state index is 13.6. The number of nitrogens with one attached hydrogen (secondary N) is 1. The topological polar surface area (TPSA) is 64.4 Å². The molecule has 4 rings (SSSR count). The average molecular weight is 400 g/mol.